The molecule has 0 aliphatic rings. The summed E-state index contributed by atoms with van der Waals surface area (Å²) in [6.45, 7) is 10.1. The minimum absolute atomic E-state index is 0.548. The zero-order valence-electron chi connectivity index (χ0n) is 11.3. The summed E-state index contributed by atoms with van der Waals surface area (Å²) in [5, 5.41) is 3.38. The van der Waals surface area contributed by atoms with Crippen molar-refractivity contribution >= 4 is 0 Å². The number of ether oxygens (including phenoxy) is 2. The van der Waals surface area contributed by atoms with Crippen molar-refractivity contribution in [3.05, 3.63) is 0 Å². The SMILES string of the molecule is CCNCC(C)N(CCCOC)CCOC. The lowest BCUT2D eigenvalue weighted by Gasteiger charge is -2.29. The van der Waals surface area contributed by atoms with Gasteiger partial charge in [0.15, 0.2) is 0 Å². The summed E-state index contributed by atoms with van der Waals surface area (Å²) in [4.78, 5) is 2.45. The van der Waals surface area contributed by atoms with Gasteiger partial charge in [0, 0.05) is 46.5 Å². The van der Waals surface area contributed by atoms with Crippen LogP contribution in [0.5, 0.6) is 0 Å². The highest BCUT2D eigenvalue weighted by atomic mass is 16.5. The van der Waals surface area contributed by atoms with E-state index in [9.17, 15) is 0 Å². The highest BCUT2D eigenvalue weighted by Crippen LogP contribution is 2.00. The summed E-state index contributed by atoms with van der Waals surface area (Å²) in [6.07, 6.45) is 1.08. The molecule has 1 unspecified atom stereocenters. The molecule has 0 aromatic rings. The lowest BCUT2D eigenvalue weighted by atomic mass is 10.2. The van der Waals surface area contributed by atoms with Crippen LogP contribution in [0.1, 0.15) is 20.3 Å². The Morgan fingerprint density at radius 1 is 1.12 bits per heavy atom. The van der Waals surface area contributed by atoms with E-state index in [0.717, 1.165) is 45.8 Å². The number of rotatable bonds is 11. The summed E-state index contributed by atoms with van der Waals surface area (Å²) in [7, 11) is 3.50. The summed E-state index contributed by atoms with van der Waals surface area (Å²) >= 11 is 0. The second-order valence-corrected chi connectivity index (χ2v) is 4.03. The summed E-state index contributed by atoms with van der Waals surface area (Å²) in [5.41, 5.74) is 0. The second-order valence-electron chi connectivity index (χ2n) is 4.03. The molecule has 0 amide bonds. The molecule has 0 aliphatic heterocycles. The van der Waals surface area contributed by atoms with Crippen LogP contribution in [0.2, 0.25) is 0 Å². The molecule has 1 atom stereocenters. The van der Waals surface area contributed by atoms with Crippen LogP contribution < -0.4 is 5.32 Å². The predicted octanol–water partition coefficient (Wildman–Crippen LogP) is 0.969. The number of hydrogen-bond donors (Lipinski definition) is 1. The summed E-state index contributed by atoms with van der Waals surface area (Å²) in [5.74, 6) is 0. The molecule has 0 aliphatic carbocycles. The van der Waals surface area contributed by atoms with E-state index in [2.05, 4.69) is 24.1 Å². The van der Waals surface area contributed by atoms with Gasteiger partial charge in [-0.15, -0.1) is 0 Å². The molecule has 0 spiro atoms. The number of likely N-dealkylation sites (N-methyl/N-ethyl adjacent to an activating group) is 1. The number of hydrogen-bond acceptors (Lipinski definition) is 4. The molecular formula is C12H28N2O2. The fraction of sp³-hybridized carbons (Fsp3) is 1.00. The zero-order valence-corrected chi connectivity index (χ0v) is 11.3. The van der Waals surface area contributed by atoms with Gasteiger partial charge < -0.3 is 14.8 Å². The Hall–Kier alpha value is -0.160. The Balaban J connectivity index is 3.86. The number of methoxy groups -OCH3 is 2. The van der Waals surface area contributed by atoms with Crippen molar-refractivity contribution in [2.24, 2.45) is 0 Å². The third-order valence-corrected chi connectivity index (χ3v) is 2.69. The van der Waals surface area contributed by atoms with E-state index < -0.39 is 0 Å². The Morgan fingerprint density at radius 2 is 1.81 bits per heavy atom. The third-order valence-electron chi connectivity index (χ3n) is 2.69. The average Bonchev–Trinajstić information content (AvgIpc) is 2.30. The minimum atomic E-state index is 0.548. The van der Waals surface area contributed by atoms with Gasteiger partial charge in [-0.05, 0) is 19.9 Å². The number of nitrogens with one attached hydrogen (secondary N) is 1. The molecule has 0 saturated carbocycles. The van der Waals surface area contributed by atoms with Crippen LogP contribution in [0, 0.1) is 0 Å². The van der Waals surface area contributed by atoms with Gasteiger partial charge in [0.05, 0.1) is 6.61 Å². The van der Waals surface area contributed by atoms with Crippen molar-refractivity contribution in [1.82, 2.24) is 10.2 Å². The molecule has 0 heterocycles. The Morgan fingerprint density at radius 3 is 2.38 bits per heavy atom. The molecule has 98 valence electrons. The molecule has 0 radical (unpaired) electrons. The third kappa shape index (κ3) is 8.05. The van der Waals surface area contributed by atoms with Crippen LogP contribution in [0.25, 0.3) is 0 Å². The highest BCUT2D eigenvalue weighted by molar-refractivity contribution is 4.69. The van der Waals surface area contributed by atoms with Crippen molar-refractivity contribution in [2.45, 2.75) is 26.3 Å². The first-order chi connectivity index (χ1) is 7.76. The van der Waals surface area contributed by atoms with Crippen molar-refractivity contribution in [3.63, 3.8) is 0 Å². The maximum Gasteiger partial charge on any atom is 0.0589 e. The van der Waals surface area contributed by atoms with Gasteiger partial charge >= 0.3 is 0 Å². The standard InChI is InChI=1S/C12H28N2O2/c1-5-13-11-12(2)14(8-10-16-4)7-6-9-15-3/h12-13H,5-11H2,1-4H3. The largest absolute Gasteiger partial charge is 0.385 e. The molecule has 4 heteroatoms. The zero-order chi connectivity index (χ0) is 12.2. The van der Waals surface area contributed by atoms with Crippen molar-refractivity contribution in [3.8, 4) is 0 Å². The first-order valence-electron chi connectivity index (χ1n) is 6.18. The average molecular weight is 232 g/mol. The topological polar surface area (TPSA) is 33.7 Å². The van der Waals surface area contributed by atoms with Gasteiger partial charge in [-0.1, -0.05) is 6.92 Å². The lowest BCUT2D eigenvalue weighted by Crippen LogP contribution is -2.42. The second kappa shape index (κ2) is 11.3. The molecule has 0 saturated heterocycles. The molecule has 0 aromatic heterocycles. The predicted molar refractivity (Wildman–Crippen MR) is 67.9 cm³/mol. The molecule has 0 bridgehead atoms. The van der Waals surface area contributed by atoms with Crippen LogP contribution in [-0.2, 0) is 9.47 Å². The molecule has 0 fully saturated rings. The fourth-order valence-corrected chi connectivity index (χ4v) is 1.66. The normalized spacial score (nSPS) is 13.3. The first kappa shape index (κ1) is 15.8. The van der Waals surface area contributed by atoms with Gasteiger partial charge in [-0.2, -0.15) is 0 Å². The number of nitrogens with zero attached hydrogens (tertiary/aromatic N) is 1. The van der Waals surface area contributed by atoms with Crippen LogP contribution in [0.4, 0.5) is 0 Å². The van der Waals surface area contributed by atoms with Crippen LogP contribution in [-0.4, -0.2) is 64.6 Å². The van der Waals surface area contributed by atoms with E-state index in [1.807, 2.05) is 0 Å². The Bertz CT molecular complexity index is 145. The van der Waals surface area contributed by atoms with Crippen molar-refractivity contribution in [1.29, 1.82) is 0 Å². The quantitative estimate of drug-likeness (QED) is 0.538. The van der Waals surface area contributed by atoms with Gasteiger partial charge in [-0.3, -0.25) is 4.90 Å². The lowest BCUT2D eigenvalue weighted by molar-refractivity contribution is 0.110. The van der Waals surface area contributed by atoms with E-state index in [4.69, 9.17) is 9.47 Å². The van der Waals surface area contributed by atoms with Gasteiger partial charge in [0.25, 0.3) is 0 Å². The van der Waals surface area contributed by atoms with E-state index >= 15 is 0 Å². The van der Waals surface area contributed by atoms with Gasteiger partial charge in [0.2, 0.25) is 0 Å². The van der Waals surface area contributed by atoms with E-state index in [0.29, 0.717) is 6.04 Å². The van der Waals surface area contributed by atoms with E-state index in [1.165, 1.54) is 0 Å². The van der Waals surface area contributed by atoms with Crippen LogP contribution >= 0.6 is 0 Å². The smallest absolute Gasteiger partial charge is 0.0589 e. The Kier molecular flexibility index (Phi) is 11.2. The van der Waals surface area contributed by atoms with Crippen LogP contribution in [0.3, 0.4) is 0 Å². The minimum Gasteiger partial charge on any atom is -0.385 e. The molecule has 16 heavy (non-hydrogen) atoms. The molecule has 0 aromatic carbocycles. The molecular weight excluding hydrogens is 204 g/mol. The Labute approximate surface area is 100 Å². The van der Waals surface area contributed by atoms with E-state index in [-0.39, 0.29) is 0 Å². The van der Waals surface area contributed by atoms with Gasteiger partial charge in [0.1, 0.15) is 0 Å². The fourth-order valence-electron chi connectivity index (χ4n) is 1.66. The maximum atomic E-state index is 5.14. The summed E-state index contributed by atoms with van der Waals surface area (Å²) < 4.78 is 10.2. The van der Waals surface area contributed by atoms with Gasteiger partial charge in [-0.25, -0.2) is 0 Å². The van der Waals surface area contributed by atoms with E-state index in [1.54, 1.807) is 14.2 Å². The van der Waals surface area contributed by atoms with Crippen molar-refractivity contribution in [2.75, 3.05) is 53.6 Å². The molecule has 1 N–H and O–H groups in total. The molecule has 0 rings (SSSR count). The highest BCUT2D eigenvalue weighted by Gasteiger charge is 2.12. The van der Waals surface area contributed by atoms with Crippen LogP contribution in [0.15, 0.2) is 0 Å². The monoisotopic (exact) mass is 232 g/mol. The summed E-state index contributed by atoms with van der Waals surface area (Å²) in [6, 6.07) is 0.548. The van der Waals surface area contributed by atoms with Crippen molar-refractivity contribution < 1.29 is 9.47 Å². The first-order valence-corrected chi connectivity index (χ1v) is 6.18. The maximum absolute atomic E-state index is 5.14. The molecule has 4 nitrogen and oxygen atoms in total.